The van der Waals surface area contributed by atoms with Crippen LogP contribution < -0.4 is 0 Å². The van der Waals surface area contributed by atoms with Crippen molar-refractivity contribution < 1.29 is 25.7 Å². The minimum absolute atomic E-state index is 0.128. The van der Waals surface area contributed by atoms with E-state index < -0.39 is 22.5 Å². The van der Waals surface area contributed by atoms with Gasteiger partial charge in [0.05, 0.1) is 0 Å². The van der Waals surface area contributed by atoms with Crippen molar-refractivity contribution in [2.45, 2.75) is 84.4 Å². The van der Waals surface area contributed by atoms with Gasteiger partial charge in [-0.05, 0) is 70.8 Å². The zero-order valence-electron chi connectivity index (χ0n) is 18.3. The largest absolute Gasteiger partial charge is 0.521 e. The van der Waals surface area contributed by atoms with E-state index in [2.05, 4.69) is 41.5 Å². The summed E-state index contributed by atoms with van der Waals surface area (Å²) in [6, 6.07) is 0. The lowest BCUT2D eigenvalue weighted by atomic mass is 9.28. The van der Waals surface area contributed by atoms with Gasteiger partial charge in [-0.1, -0.05) is 54.4 Å². The predicted molar refractivity (Wildman–Crippen MR) is 108 cm³/mol. The van der Waals surface area contributed by atoms with Crippen molar-refractivity contribution >= 4 is 17.0 Å². The molecule has 0 amide bonds. The molecule has 0 heterocycles. The summed E-state index contributed by atoms with van der Waals surface area (Å²) in [5.74, 6) is 1.82. The molecule has 0 N–H and O–H groups in total. The van der Waals surface area contributed by atoms with E-state index in [1.807, 2.05) is 0 Å². The summed E-state index contributed by atoms with van der Waals surface area (Å²) in [4.78, 5) is 0. The van der Waals surface area contributed by atoms with E-state index in [1.165, 1.54) is 0 Å². The third-order valence-corrected chi connectivity index (χ3v) is 11.2. The molecule has 6 fully saturated rings. The highest BCUT2D eigenvalue weighted by atomic mass is 32.2. The van der Waals surface area contributed by atoms with Gasteiger partial charge in [0.2, 0.25) is 0 Å². The van der Waals surface area contributed by atoms with Crippen molar-refractivity contribution in [3.05, 3.63) is 0 Å². The quantitative estimate of drug-likeness (QED) is 0.403. The highest BCUT2D eigenvalue weighted by molar-refractivity contribution is 7.88. The van der Waals surface area contributed by atoms with E-state index in [-0.39, 0.29) is 34.3 Å². The Balaban J connectivity index is 1.65. The summed E-state index contributed by atoms with van der Waals surface area (Å²) in [5.41, 5.74) is -5.00. The second-order valence-corrected chi connectivity index (χ2v) is 13.3. The molecule has 166 valence electrons. The molecule has 0 aliphatic heterocycles. The van der Waals surface area contributed by atoms with Gasteiger partial charge >= 0.3 is 22.5 Å². The SMILES string of the molecule is CC1C(B(OS(=O)(=O)C(F)(F)F)C2CC3CC(C2C)C3(C)C)CC2CC1C2(C)C. The van der Waals surface area contributed by atoms with Crippen LogP contribution in [0.4, 0.5) is 13.2 Å². The van der Waals surface area contributed by atoms with Gasteiger partial charge in [-0.15, -0.1) is 0 Å². The molecule has 6 rings (SSSR count). The summed E-state index contributed by atoms with van der Waals surface area (Å²) in [7, 11) is -5.61. The molecule has 0 aromatic heterocycles. The highest BCUT2D eigenvalue weighted by Gasteiger charge is 2.65. The van der Waals surface area contributed by atoms with E-state index in [1.54, 1.807) is 0 Å². The molecule has 6 aliphatic rings. The molecule has 0 aromatic rings. The van der Waals surface area contributed by atoms with Gasteiger partial charge in [0.15, 0.2) is 0 Å². The lowest BCUT2D eigenvalue weighted by Gasteiger charge is -2.65. The maximum atomic E-state index is 13.2. The number of halogens is 3. The Morgan fingerprint density at radius 3 is 1.48 bits per heavy atom. The maximum Gasteiger partial charge on any atom is 0.521 e. The molecule has 6 saturated carbocycles. The first-order valence-corrected chi connectivity index (χ1v) is 12.5. The molecule has 4 bridgehead atoms. The predicted octanol–water partition coefficient (Wildman–Crippen LogP) is 5.99. The molecular weight excluding hydrogens is 400 g/mol. The molecule has 0 spiro atoms. The fourth-order valence-corrected chi connectivity index (χ4v) is 8.59. The molecule has 29 heavy (non-hydrogen) atoms. The molecule has 8 atom stereocenters. The molecule has 6 aliphatic carbocycles. The average Bonchev–Trinajstić information content (AvgIpc) is 2.58. The standard InChI is InChI=1S/C21H34BF3O3S/c1-11-15-7-13(19(15,3)4)9-17(11)22(28-29(26,27)21(23,24)25)18-10-14-8-16(12(18)2)20(14,5)6/h11-18H,7-10H2,1-6H3. The summed E-state index contributed by atoms with van der Waals surface area (Å²) < 4.78 is 68.9. The zero-order chi connectivity index (χ0) is 21.7. The van der Waals surface area contributed by atoms with Crippen LogP contribution in [0.1, 0.15) is 67.2 Å². The first kappa shape index (κ1) is 22.0. The summed E-state index contributed by atoms with van der Waals surface area (Å²) in [5, 5.41) is 0. The summed E-state index contributed by atoms with van der Waals surface area (Å²) in [6.07, 6.45) is 3.74. The monoisotopic (exact) mass is 434 g/mol. The second-order valence-electron chi connectivity index (χ2n) is 11.7. The van der Waals surface area contributed by atoms with E-state index in [0.29, 0.717) is 23.7 Å². The summed E-state index contributed by atoms with van der Waals surface area (Å²) >= 11 is 0. The Hall–Kier alpha value is -0.235. The van der Waals surface area contributed by atoms with Crippen LogP contribution in [0.25, 0.3) is 0 Å². The fraction of sp³-hybridized carbons (Fsp3) is 1.00. The minimum Gasteiger partial charge on any atom is -0.326 e. The lowest BCUT2D eigenvalue weighted by Crippen LogP contribution is -2.60. The highest BCUT2D eigenvalue weighted by Crippen LogP contribution is 2.69. The third kappa shape index (κ3) is 3.05. The Morgan fingerprint density at radius 2 is 1.21 bits per heavy atom. The normalized spacial score (nSPS) is 45.1. The van der Waals surface area contributed by atoms with Crippen LogP contribution in [-0.2, 0) is 14.2 Å². The number of hydrogen-bond donors (Lipinski definition) is 0. The zero-order valence-corrected chi connectivity index (χ0v) is 19.1. The molecule has 3 nitrogen and oxygen atoms in total. The minimum atomic E-state index is -5.61. The fourth-order valence-electron chi connectivity index (χ4n) is 7.91. The van der Waals surface area contributed by atoms with Crippen LogP contribution in [-0.4, -0.2) is 20.8 Å². The van der Waals surface area contributed by atoms with Gasteiger partial charge in [-0.2, -0.15) is 21.6 Å². The average molecular weight is 434 g/mol. The molecule has 0 radical (unpaired) electrons. The molecule has 8 heteroatoms. The van der Waals surface area contributed by atoms with Crippen LogP contribution in [0.5, 0.6) is 0 Å². The second kappa shape index (κ2) is 6.40. The van der Waals surface area contributed by atoms with Crippen molar-refractivity contribution in [1.29, 1.82) is 0 Å². The van der Waals surface area contributed by atoms with Crippen molar-refractivity contribution in [3.8, 4) is 0 Å². The van der Waals surface area contributed by atoms with E-state index in [9.17, 15) is 21.6 Å². The Labute approximate surface area is 173 Å². The van der Waals surface area contributed by atoms with Gasteiger partial charge in [0.1, 0.15) is 0 Å². The number of rotatable bonds is 4. The first-order valence-electron chi connectivity index (χ1n) is 11.1. The topological polar surface area (TPSA) is 43.4 Å². The van der Waals surface area contributed by atoms with Gasteiger partial charge < -0.3 is 4.10 Å². The van der Waals surface area contributed by atoms with Crippen molar-refractivity contribution in [2.24, 2.45) is 46.3 Å². The number of fused-ring (bicyclic) bond motifs is 4. The van der Waals surface area contributed by atoms with Gasteiger partial charge in [0.25, 0.3) is 0 Å². The first-order chi connectivity index (χ1) is 13.1. The Morgan fingerprint density at radius 1 is 0.828 bits per heavy atom. The van der Waals surface area contributed by atoms with E-state index in [4.69, 9.17) is 4.10 Å². The molecule has 0 aromatic carbocycles. The maximum absolute atomic E-state index is 13.2. The van der Waals surface area contributed by atoms with Crippen LogP contribution >= 0.6 is 0 Å². The lowest BCUT2D eigenvalue weighted by molar-refractivity contribution is -0.110. The van der Waals surface area contributed by atoms with Crippen LogP contribution in [0.15, 0.2) is 0 Å². The van der Waals surface area contributed by atoms with Crippen LogP contribution in [0.2, 0.25) is 11.6 Å². The Kier molecular flexibility index (Phi) is 4.85. The number of hydrogen-bond acceptors (Lipinski definition) is 3. The molecule has 8 unspecified atom stereocenters. The van der Waals surface area contributed by atoms with Gasteiger partial charge in [-0.25, -0.2) is 0 Å². The van der Waals surface area contributed by atoms with Crippen LogP contribution in [0.3, 0.4) is 0 Å². The van der Waals surface area contributed by atoms with Crippen molar-refractivity contribution in [3.63, 3.8) is 0 Å². The van der Waals surface area contributed by atoms with Crippen LogP contribution in [0, 0.1) is 46.3 Å². The van der Waals surface area contributed by atoms with E-state index in [0.717, 1.165) is 25.7 Å². The van der Waals surface area contributed by atoms with Crippen molar-refractivity contribution in [2.75, 3.05) is 0 Å². The number of alkyl halides is 3. The molecule has 0 saturated heterocycles. The Bertz CT molecular complexity index is 737. The van der Waals surface area contributed by atoms with Gasteiger partial charge in [-0.3, -0.25) is 0 Å². The van der Waals surface area contributed by atoms with Crippen molar-refractivity contribution in [1.82, 2.24) is 0 Å². The third-order valence-electron chi connectivity index (χ3n) is 10.2. The summed E-state index contributed by atoms with van der Waals surface area (Å²) in [6.45, 7) is 12.3. The molecular formula is C21H34BF3O3S. The van der Waals surface area contributed by atoms with E-state index >= 15 is 0 Å². The smallest absolute Gasteiger partial charge is 0.326 e. The van der Waals surface area contributed by atoms with Gasteiger partial charge in [0, 0.05) is 0 Å².